The van der Waals surface area contributed by atoms with E-state index in [4.69, 9.17) is 0 Å². The fourth-order valence-corrected chi connectivity index (χ4v) is 3.97. The predicted molar refractivity (Wildman–Crippen MR) is 118 cm³/mol. The summed E-state index contributed by atoms with van der Waals surface area (Å²) in [5, 5.41) is 9.01. The number of halogens is 1. The Balaban J connectivity index is 1.57. The standard InChI is InChI=1S/C23H20FN5OS/c1-28(15-17-11-13-25-14-12-17)21(30)16-31-23-27-26-22(19-9-5-6-10-20(19)24)29(23)18-7-3-2-4-8-18/h2-14H,15-16H2,1H3. The first kappa shape index (κ1) is 20.7. The number of benzene rings is 2. The van der Waals surface area contributed by atoms with Crippen LogP contribution in [0.25, 0.3) is 17.1 Å². The zero-order valence-corrected chi connectivity index (χ0v) is 17.7. The van der Waals surface area contributed by atoms with Gasteiger partial charge in [-0.1, -0.05) is 42.1 Å². The van der Waals surface area contributed by atoms with Gasteiger partial charge < -0.3 is 4.90 Å². The Morgan fingerprint density at radius 1 is 1.00 bits per heavy atom. The second-order valence-electron chi connectivity index (χ2n) is 6.85. The van der Waals surface area contributed by atoms with E-state index in [0.29, 0.717) is 23.1 Å². The Bertz CT molecular complexity index is 1170. The molecule has 0 bridgehead atoms. The summed E-state index contributed by atoms with van der Waals surface area (Å²) in [4.78, 5) is 18.3. The van der Waals surface area contributed by atoms with E-state index < -0.39 is 0 Å². The van der Waals surface area contributed by atoms with E-state index in [1.807, 2.05) is 42.5 Å². The third-order valence-corrected chi connectivity index (χ3v) is 5.60. The number of carbonyl (C=O) groups is 1. The van der Waals surface area contributed by atoms with Crippen LogP contribution in [-0.4, -0.2) is 43.4 Å². The number of amides is 1. The topological polar surface area (TPSA) is 63.9 Å². The van der Waals surface area contributed by atoms with Crippen LogP contribution in [0.15, 0.2) is 84.3 Å². The summed E-state index contributed by atoms with van der Waals surface area (Å²) in [7, 11) is 1.76. The van der Waals surface area contributed by atoms with Crippen molar-refractivity contribution in [2.24, 2.45) is 0 Å². The lowest BCUT2D eigenvalue weighted by molar-refractivity contribution is -0.127. The number of hydrogen-bond donors (Lipinski definition) is 0. The first-order chi connectivity index (χ1) is 15.1. The molecule has 0 unspecified atom stereocenters. The molecule has 156 valence electrons. The molecule has 0 saturated carbocycles. The summed E-state index contributed by atoms with van der Waals surface area (Å²) < 4.78 is 16.2. The predicted octanol–water partition coefficient (Wildman–Crippen LogP) is 4.22. The lowest BCUT2D eigenvalue weighted by Gasteiger charge is -2.17. The highest BCUT2D eigenvalue weighted by Gasteiger charge is 2.20. The van der Waals surface area contributed by atoms with Crippen molar-refractivity contribution in [1.82, 2.24) is 24.6 Å². The molecule has 4 aromatic rings. The van der Waals surface area contributed by atoms with Crippen LogP contribution >= 0.6 is 11.8 Å². The first-order valence-electron chi connectivity index (χ1n) is 9.65. The van der Waals surface area contributed by atoms with Crippen LogP contribution in [0.1, 0.15) is 5.56 Å². The number of pyridine rings is 1. The molecular weight excluding hydrogens is 413 g/mol. The van der Waals surface area contributed by atoms with Gasteiger partial charge in [0.25, 0.3) is 0 Å². The molecule has 0 atom stereocenters. The van der Waals surface area contributed by atoms with E-state index in [0.717, 1.165) is 11.3 Å². The van der Waals surface area contributed by atoms with Gasteiger partial charge in [-0.05, 0) is 42.0 Å². The molecule has 4 rings (SSSR count). The van der Waals surface area contributed by atoms with E-state index in [1.54, 1.807) is 47.1 Å². The van der Waals surface area contributed by atoms with Crippen molar-refractivity contribution >= 4 is 17.7 Å². The number of para-hydroxylation sites is 1. The highest BCUT2D eigenvalue weighted by Crippen LogP contribution is 2.29. The molecule has 0 spiro atoms. The van der Waals surface area contributed by atoms with Gasteiger partial charge in [-0.15, -0.1) is 10.2 Å². The molecule has 0 aliphatic heterocycles. The molecule has 31 heavy (non-hydrogen) atoms. The van der Waals surface area contributed by atoms with Gasteiger partial charge in [0.15, 0.2) is 11.0 Å². The third kappa shape index (κ3) is 4.80. The van der Waals surface area contributed by atoms with E-state index >= 15 is 0 Å². The zero-order valence-electron chi connectivity index (χ0n) is 16.9. The van der Waals surface area contributed by atoms with Crippen LogP contribution < -0.4 is 0 Å². The number of nitrogens with zero attached hydrogens (tertiary/aromatic N) is 5. The molecule has 0 N–H and O–H groups in total. The summed E-state index contributed by atoms with van der Waals surface area (Å²) in [5.41, 5.74) is 2.16. The summed E-state index contributed by atoms with van der Waals surface area (Å²) in [5.74, 6) is 0.155. The lowest BCUT2D eigenvalue weighted by Crippen LogP contribution is -2.27. The lowest BCUT2D eigenvalue weighted by atomic mass is 10.2. The Morgan fingerprint density at radius 3 is 2.45 bits per heavy atom. The van der Waals surface area contributed by atoms with Crippen molar-refractivity contribution in [3.8, 4) is 17.1 Å². The van der Waals surface area contributed by atoms with Crippen molar-refractivity contribution in [3.63, 3.8) is 0 Å². The van der Waals surface area contributed by atoms with Gasteiger partial charge in [0, 0.05) is 31.7 Å². The normalized spacial score (nSPS) is 10.8. The maximum absolute atomic E-state index is 14.5. The molecule has 2 aromatic heterocycles. The number of rotatable bonds is 7. The quantitative estimate of drug-likeness (QED) is 0.409. The Kier molecular flexibility index (Phi) is 6.37. The van der Waals surface area contributed by atoms with Gasteiger partial charge in [-0.25, -0.2) is 4.39 Å². The van der Waals surface area contributed by atoms with Gasteiger partial charge in [-0.3, -0.25) is 14.3 Å². The minimum absolute atomic E-state index is 0.0446. The Hall–Kier alpha value is -3.52. The summed E-state index contributed by atoms with van der Waals surface area (Å²) in [6.07, 6.45) is 3.41. The molecule has 0 aliphatic carbocycles. The monoisotopic (exact) mass is 433 g/mol. The molecule has 0 fully saturated rings. The van der Waals surface area contributed by atoms with E-state index in [2.05, 4.69) is 15.2 Å². The minimum Gasteiger partial charge on any atom is -0.341 e. The van der Waals surface area contributed by atoms with Crippen molar-refractivity contribution in [2.75, 3.05) is 12.8 Å². The number of aromatic nitrogens is 4. The molecule has 0 radical (unpaired) electrons. The number of thioether (sulfide) groups is 1. The molecule has 6 nitrogen and oxygen atoms in total. The van der Waals surface area contributed by atoms with E-state index in [1.165, 1.54) is 17.8 Å². The van der Waals surface area contributed by atoms with Crippen LogP contribution in [0.2, 0.25) is 0 Å². The zero-order chi connectivity index (χ0) is 21.6. The van der Waals surface area contributed by atoms with Crippen molar-refractivity contribution in [1.29, 1.82) is 0 Å². The van der Waals surface area contributed by atoms with Crippen LogP contribution in [0.4, 0.5) is 4.39 Å². The van der Waals surface area contributed by atoms with Gasteiger partial charge in [0.1, 0.15) is 5.82 Å². The number of carbonyl (C=O) groups excluding carboxylic acids is 1. The van der Waals surface area contributed by atoms with Gasteiger partial charge in [0.2, 0.25) is 5.91 Å². The van der Waals surface area contributed by atoms with Crippen LogP contribution in [0, 0.1) is 5.82 Å². The number of hydrogen-bond acceptors (Lipinski definition) is 5. The van der Waals surface area contributed by atoms with E-state index in [9.17, 15) is 9.18 Å². The van der Waals surface area contributed by atoms with Crippen molar-refractivity contribution < 1.29 is 9.18 Å². The molecule has 0 aliphatic rings. The van der Waals surface area contributed by atoms with Crippen LogP contribution in [-0.2, 0) is 11.3 Å². The second kappa shape index (κ2) is 9.53. The Morgan fingerprint density at radius 2 is 1.71 bits per heavy atom. The highest BCUT2D eigenvalue weighted by molar-refractivity contribution is 7.99. The molecule has 2 heterocycles. The maximum atomic E-state index is 14.5. The summed E-state index contributed by atoms with van der Waals surface area (Å²) in [6, 6.07) is 19.7. The van der Waals surface area contributed by atoms with Gasteiger partial charge in [0.05, 0.1) is 11.3 Å². The SMILES string of the molecule is CN(Cc1ccncc1)C(=O)CSc1nnc(-c2ccccc2F)n1-c1ccccc1. The van der Waals surface area contributed by atoms with Crippen molar-refractivity contribution in [3.05, 3.63) is 90.5 Å². The average Bonchev–Trinajstić information content (AvgIpc) is 3.22. The third-order valence-electron chi connectivity index (χ3n) is 4.68. The minimum atomic E-state index is -0.378. The molecule has 2 aromatic carbocycles. The van der Waals surface area contributed by atoms with E-state index in [-0.39, 0.29) is 17.5 Å². The fraction of sp³-hybridized carbons (Fsp3) is 0.130. The smallest absolute Gasteiger partial charge is 0.233 e. The van der Waals surface area contributed by atoms with Crippen LogP contribution in [0.5, 0.6) is 0 Å². The van der Waals surface area contributed by atoms with Gasteiger partial charge in [-0.2, -0.15) is 0 Å². The molecular formula is C23H20FN5OS. The van der Waals surface area contributed by atoms with Crippen LogP contribution in [0.3, 0.4) is 0 Å². The maximum Gasteiger partial charge on any atom is 0.233 e. The molecule has 1 amide bonds. The largest absolute Gasteiger partial charge is 0.341 e. The Labute approximate surface area is 183 Å². The average molecular weight is 434 g/mol. The first-order valence-corrected chi connectivity index (χ1v) is 10.6. The van der Waals surface area contributed by atoms with Gasteiger partial charge >= 0.3 is 0 Å². The second-order valence-corrected chi connectivity index (χ2v) is 7.79. The molecule has 8 heteroatoms. The summed E-state index contributed by atoms with van der Waals surface area (Å²) in [6.45, 7) is 0.494. The van der Waals surface area contributed by atoms with Crippen molar-refractivity contribution in [2.45, 2.75) is 11.7 Å². The highest BCUT2D eigenvalue weighted by atomic mass is 32.2. The molecule has 0 saturated heterocycles. The summed E-state index contributed by atoms with van der Waals surface area (Å²) >= 11 is 1.27. The fourth-order valence-electron chi connectivity index (χ4n) is 3.08.